The number of ether oxygens (including phenoxy) is 1. The van der Waals surface area contributed by atoms with Gasteiger partial charge in [-0.15, -0.1) is 12.4 Å². The first-order valence-corrected chi connectivity index (χ1v) is 10.1. The number of carbonyl (C=O) groups is 1. The molecule has 6 nitrogen and oxygen atoms in total. The Morgan fingerprint density at radius 3 is 2.64 bits per heavy atom. The maximum absolute atomic E-state index is 12.7. The van der Waals surface area contributed by atoms with Crippen molar-refractivity contribution in [2.45, 2.75) is 51.6 Å². The van der Waals surface area contributed by atoms with Gasteiger partial charge in [-0.1, -0.05) is 39.8 Å². The molecule has 0 radical (unpaired) electrons. The number of hydrogen-bond acceptors (Lipinski definition) is 5. The predicted octanol–water partition coefficient (Wildman–Crippen LogP) is 1.99. The number of nitrogens with one attached hydrogen (secondary N) is 4. The topological polar surface area (TPSA) is 74.4 Å². The third kappa shape index (κ3) is 5.60. The van der Waals surface area contributed by atoms with Gasteiger partial charge in [-0.2, -0.15) is 0 Å². The number of hydrazine groups is 1. The molecule has 0 aromatic heterocycles. The molecule has 158 valence electrons. The molecule has 28 heavy (non-hydrogen) atoms. The SMILES string of the molecule is CC(C)COc1ccc(C(C)(C)CNC(=O)C2NNC3CCNCC32)cc1.Cl. The molecule has 2 aliphatic rings. The van der Waals surface area contributed by atoms with Gasteiger partial charge in [0, 0.05) is 30.5 Å². The van der Waals surface area contributed by atoms with Crippen LogP contribution in [0, 0.1) is 11.8 Å². The minimum atomic E-state index is -0.176. The zero-order valence-electron chi connectivity index (χ0n) is 17.4. The highest BCUT2D eigenvalue weighted by Crippen LogP contribution is 2.25. The lowest BCUT2D eigenvalue weighted by atomic mass is 9.84. The second-order valence-corrected chi connectivity index (χ2v) is 8.86. The Bertz CT molecular complexity index is 636. The van der Waals surface area contributed by atoms with Crippen molar-refractivity contribution >= 4 is 18.3 Å². The van der Waals surface area contributed by atoms with E-state index in [4.69, 9.17) is 4.74 Å². The van der Waals surface area contributed by atoms with Gasteiger partial charge in [0.2, 0.25) is 5.91 Å². The van der Waals surface area contributed by atoms with Gasteiger partial charge >= 0.3 is 0 Å². The standard InChI is InChI=1S/C21H34N4O2.ClH/c1-14(2)12-27-16-7-5-15(6-8-16)21(3,4)13-23-20(26)19-17-11-22-10-9-18(17)24-25-19;/h5-8,14,17-19,22,24-25H,9-13H2,1-4H3,(H,23,26);1H. The summed E-state index contributed by atoms with van der Waals surface area (Å²) in [6, 6.07) is 8.43. The minimum Gasteiger partial charge on any atom is -0.493 e. The van der Waals surface area contributed by atoms with Crippen molar-refractivity contribution in [2.75, 3.05) is 26.2 Å². The van der Waals surface area contributed by atoms with Gasteiger partial charge < -0.3 is 15.4 Å². The molecule has 2 aliphatic heterocycles. The highest BCUT2D eigenvalue weighted by atomic mass is 35.5. The second kappa shape index (κ2) is 9.92. The Morgan fingerprint density at radius 1 is 1.25 bits per heavy atom. The maximum atomic E-state index is 12.7. The lowest BCUT2D eigenvalue weighted by Crippen LogP contribution is -2.51. The van der Waals surface area contributed by atoms with Crippen LogP contribution < -0.4 is 26.2 Å². The van der Waals surface area contributed by atoms with Gasteiger partial charge in [-0.25, -0.2) is 5.43 Å². The van der Waals surface area contributed by atoms with E-state index in [-0.39, 0.29) is 29.8 Å². The monoisotopic (exact) mass is 410 g/mol. The fourth-order valence-corrected chi connectivity index (χ4v) is 3.76. The molecule has 0 aliphatic carbocycles. The van der Waals surface area contributed by atoms with Crippen molar-refractivity contribution in [3.8, 4) is 5.75 Å². The van der Waals surface area contributed by atoms with Crippen LogP contribution in [0.2, 0.25) is 0 Å². The fourth-order valence-electron chi connectivity index (χ4n) is 3.76. The van der Waals surface area contributed by atoms with Gasteiger partial charge in [-0.3, -0.25) is 10.2 Å². The summed E-state index contributed by atoms with van der Waals surface area (Å²) in [7, 11) is 0. The normalized spacial score (nSPS) is 24.4. The second-order valence-electron chi connectivity index (χ2n) is 8.86. The van der Waals surface area contributed by atoms with Crippen molar-refractivity contribution < 1.29 is 9.53 Å². The van der Waals surface area contributed by atoms with E-state index in [9.17, 15) is 4.79 Å². The average molecular weight is 411 g/mol. The molecule has 0 spiro atoms. The van der Waals surface area contributed by atoms with E-state index in [1.165, 1.54) is 5.56 Å². The van der Waals surface area contributed by atoms with Gasteiger partial charge in [-0.05, 0) is 36.6 Å². The summed E-state index contributed by atoms with van der Waals surface area (Å²) < 4.78 is 5.76. The van der Waals surface area contributed by atoms with E-state index in [0.717, 1.165) is 31.9 Å². The molecule has 0 bridgehead atoms. The van der Waals surface area contributed by atoms with Crippen LogP contribution in [-0.2, 0) is 10.2 Å². The highest BCUT2D eigenvalue weighted by Gasteiger charge is 2.41. The Labute approximate surface area is 174 Å². The molecule has 1 aromatic rings. The lowest BCUT2D eigenvalue weighted by Gasteiger charge is -2.29. The first-order chi connectivity index (χ1) is 12.9. The van der Waals surface area contributed by atoms with Gasteiger partial charge in [0.25, 0.3) is 0 Å². The van der Waals surface area contributed by atoms with Crippen LogP contribution in [0.25, 0.3) is 0 Å². The molecule has 2 saturated heterocycles. The predicted molar refractivity (Wildman–Crippen MR) is 115 cm³/mol. The van der Waals surface area contributed by atoms with E-state index in [2.05, 4.69) is 61.3 Å². The largest absolute Gasteiger partial charge is 0.493 e. The fraction of sp³-hybridized carbons (Fsp3) is 0.667. The summed E-state index contributed by atoms with van der Waals surface area (Å²) in [5.74, 6) is 1.78. The van der Waals surface area contributed by atoms with Crippen LogP contribution in [0.1, 0.15) is 39.7 Å². The van der Waals surface area contributed by atoms with Gasteiger partial charge in [0.05, 0.1) is 6.61 Å². The molecular formula is C21H35ClN4O2. The number of halogens is 1. The molecule has 1 amide bonds. The molecule has 3 unspecified atom stereocenters. The van der Waals surface area contributed by atoms with Crippen LogP contribution in [0.15, 0.2) is 24.3 Å². The number of piperidine rings is 1. The van der Waals surface area contributed by atoms with E-state index in [1.807, 2.05) is 12.1 Å². The van der Waals surface area contributed by atoms with Crippen molar-refractivity contribution in [3.05, 3.63) is 29.8 Å². The van der Waals surface area contributed by atoms with Crippen molar-refractivity contribution in [3.63, 3.8) is 0 Å². The zero-order valence-corrected chi connectivity index (χ0v) is 18.2. The highest BCUT2D eigenvalue weighted by molar-refractivity contribution is 5.85. The lowest BCUT2D eigenvalue weighted by molar-refractivity contribution is -0.124. The number of benzene rings is 1. The van der Waals surface area contributed by atoms with Crippen LogP contribution in [0.5, 0.6) is 5.75 Å². The van der Waals surface area contributed by atoms with Crippen molar-refractivity contribution in [1.82, 2.24) is 21.5 Å². The summed E-state index contributed by atoms with van der Waals surface area (Å²) in [5, 5.41) is 6.54. The molecule has 2 fully saturated rings. The van der Waals surface area contributed by atoms with E-state index in [1.54, 1.807) is 0 Å². The summed E-state index contributed by atoms with van der Waals surface area (Å²) in [6.45, 7) is 11.8. The van der Waals surface area contributed by atoms with E-state index >= 15 is 0 Å². The molecule has 1 aromatic carbocycles. The summed E-state index contributed by atoms with van der Waals surface area (Å²) in [5.41, 5.74) is 7.51. The molecule has 3 atom stereocenters. The Morgan fingerprint density at radius 2 is 1.96 bits per heavy atom. The van der Waals surface area contributed by atoms with E-state index in [0.29, 0.717) is 24.4 Å². The number of carbonyl (C=O) groups excluding carboxylic acids is 1. The number of hydrogen-bond donors (Lipinski definition) is 4. The molecule has 2 heterocycles. The summed E-state index contributed by atoms with van der Waals surface area (Å²) in [4.78, 5) is 12.7. The molecular weight excluding hydrogens is 376 g/mol. The van der Waals surface area contributed by atoms with Crippen LogP contribution in [-0.4, -0.2) is 44.2 Å². The zero-order chi connectivity index (χ0) is 19.4. The van der Waals surface area contributed by atoms with Gasteiger partial charge in [0.15, 0.2) is 0 Å². The number of rotatable bonds is 7. The number of fused-ring (bicyclic) bond motifs is 1. The molecule has 7 heteroatoms. The minimum absolute atomic E-state index is 0. The summed E-state index contributed by atoms with van der Waals surface area (Å²) in [6.07, 6.45) is 1.05. The first kappa shape index (κ1) is 22.9. The average Bonchev–Trinajstić information content (AvgIpc) is 3.09. The van der Waals surface area contributed by atoms with E-state index < -0.39 is 0 Å². The molecule has 4 N–H and O–H groups in total. The molecule has 0 saturated carbocycles. The quantitative estimate of drug-likeness (QED) is 0.553. The van der Waals surface area contributed by atoms with Crippen LogP contribution in [0.4, 0.5) is 0 Å². The Kier molecular flexibility index (Phi) is 8.13. The first-order valence-electron chi connectivity index (χ1n) is 10.1. The maximum Gasteiger partial charge on any atom is 0.238 e. The number of amides is 1. The van der Waals surface area contributed by atoms with Crippen LogP contribution >= 0.6 is 12.4 Å². The van der Waals surface area contributed by atoms with Crippen LogP contribution in [0.3, 0.4) is 0 Å². The smallest absolute Gasteiger partial charge is 0.238 e. The van der Waals surface area contributed by atoms with Gasteiger partial charge in [0.1, 0.15) is 11.8 Å². The Hall–Kier alpha value is -1.34. The van der Waals surface area contributed by atoms with Crippen molar-refractivity contribution in [2.24, 2.45) is 11.8 Å². The summed E-state index contributed by atoms with van der Waals surface area (Å²) >= 11 is 0. The van der Waals surface area contributed by atoms with Crippen molar-refractivity contribution in [1.29, 1.82) is 0 Å². The third-order valence-corrected chi connectivity index (χ3v) is 5.59. The Balaban J connectivity index is 0.00000280. The third-order valence-electron chi connectivity index (χ3n) is 5.59. The molecule has 3 rings (SSSR count).